The molecule has 1 aliphatic carbocycles. The van der Waals surface area contributed by atoms with Gasteiger partial charge in [-0.1, -0.05) is 13.8 Å². The zero-order valence-corrected chi connectivity index (χ0v) is 12.1. The van der Waals surface area contributed by atoms with Crippen LogP contribution in [0.15, 0.2) is 22.7 Å². The first-order valence-electron chi connectivity index (χ1n) is 6.25. The van der Waals surface area contributed by atoms with Crippen molar-refractivity contribution in [2.24, 2.45) is 11.8 Å². The molecule has 0 spiro atoms. The Balaban J connectivity index is 2.10. The summed E-state index contributed by atoms with van der Waals surface area (Å²) in [5, 5.41) is 3.01. The summed E-state index contributed by atoms with van der Waals surface area (Å²) >= 11 is 3.28. The van der Waals surface area contributed by atoms with Crippen LogP contribution in [0.5, 0.6) is 0 Å². The lowest BCUT2D eigenvalue weighted by Gasteiger charge is -2.20. The SMILES string of the molecule is CC1CCC(NC(=O)c2cc(F)ccc2Br)C1C. The predicted molar refractivity (Wildman–Crippen MR) is 72.9 cm³/mol. The van der Waals surface area contributed by atoms with Gasteiger partial charge in [0.1, 0.15) is 5.82 Å². The van der Waals surface area contributed by atoms with E-state index in [1.165, 1.54) is 12.1 Å². The van der Waals surface area contributed by atoms with Crippen molar-refractivity contribution in [2.75, 3.05) is 0 Å². The van der Waals surface area contributed by atoms with Gasteiger partial charge in [-0.2, -0.15) is 0 Å². The number of benzene rings is 1. The third kappa shape index (κ3) is 2.74. The highest BCUT2D eigenvalue weighted by Crippen LogP contribution is 2.31. The molecule has 4 heteroatoms. The lowest BCUT2D eigenvalue weighted by Crippen LogP contribution is -2.37. The molecule has 1 aromatic rings. The second-order valence-electron chi connectivity index (χ2n) is 5.12. The van der Waals surface area contributed by atoms with Gasteiger partial charge in [0.25, 0.3) is 5.91 Å². The largest absolute Gasteiger partial charge is 0.349 e. The molecular weight excluding hydrogens is 297 g/mol. The number of nitrogens with one attached hydrogen (secondary N) is 1. The molecule has 0 saturated heterocycles. The molecule has 3 unspecified atom stereocenters. The summed E-state index contributed by atoms with van der Waals surface area (Å²) in [5.41, 5.74) is 0.363. The Bertz CT molecular complexity index is 463. The maximum atomic E-state index is 13.2. The molecule has 0 radical (unpaired) electrons. The Morgan fingerprint density at radius 2 is 2.11 bits per heavy atom. The first-order chi connectivity index (χ1) is 8.49. The molecule has 1 aromatic carbocycles. The molecule has 0 aliphatic heterocycles. The minimum atomic E-state index is -0.392. The van der Waals surface area contributed by atoms with Crippen molar-refractivity contribution in [3.05, 3.63) is 34.1 Å². The quantitative estimate of drug-likeness (QED) is 0.885. The highest BCUT2D eigenvalue weighted by molar-refractivity contribution is 9.10. The maximum Gasteiger partial charge on any atom is 0.252 e. The number of halogens is 2. The molecule has 1 saturated carbocycles. The van der Waals surface area contributed by atoms with Gasteiger partial charge in [-0.3, -0.25) is 4.79 Å². The van der Waals surface area contributed by atoms with Crippen molar-refractivity contribution >= 4 is 21.8 Å². The molecule has 0 heterocycles. The summed E-state index contributed by atoms with van der Waals surface area (Å²) in [7, 11) is 0. The fraction of sp³-hybridized carbons (Fsp3) is 0.500. The van der Waals surface area contributed by atoms with Crippen LogP contribution in [0.1, 0.15) is 37.0 Å². The van der Waals surface area contributed by atoms with Gasteiger partial charge >= 0.3 is 0 Å². The number of amides is 1. The van der Waals surface area contributed by atoms with E-state index >= 15 is 0 Å². The fourth-order valence-corrected chi connectivity index (χ4v) is 2.91. The molecule has 1 N–H and O–H groups in total. The third-order valence-corrected chi connectivity index (χ3v) is 4.65. The van der Waals surface area contributed by atoms with Gasteiger partial charge < -0.3 is 5.32 Å². The average molecular weight is 314 g/mol. The summed E-state index contributed by atoms with van der Waals surface area (Å²) in [6, 6.07) is 4.36. The lowest BCUT2D eigenvalue weighted by atomic mass is 9.97. The molecule has 2 nitrogen and oxygen atoms in total. The van der Waals surface area contributed by atoms with Crippen molar-refractivity contribution in [3.8, 4) is 0 Å². The Hall–Kier alpha value is -0.900. The van der Waals surface area contributed by atoms with E-state index in [1.54, 1.807) is 6.07 Å². The van der Waals surface area contributed by atoms with E-state index in [0.717, 1.165) is 12.8 Å². The zero-order valence-electron chi connectivity index (χ0n) is 10.5. The molecule has 3 atom stereocenters. The first-order valence-corrected chi connectivity index (χ1v) is 7.04. The van der Waals surface area contributed by atoms with Crippen molar-refractivity contribution in [1.29, 1.82) is 0 Å². The molecule has 0 bridgehead atoms. The molecule has 2 rings (SSSR count). The Kier molecular flexibility index (Phi) is 4.05. The Morgan fingerprint density at radius 1 is 1.39 bits per heavy atom. The van der Waals surface area contributed by atoms with Crippen LogP contribution < -0.4 is 5.32 Å². The van der Waals surface area contributed by atoms with Gasteiger partial charge in [-0.05, 0) is 58.8 Å². The first kappa shape index (κ1) is 13.5. The topological polar surface area (TPSA) is 29.1 Å². The normalized spacial score (nSPS) is 27.2. The Labute approximate surface area is 115 Å². The van der Waals surface area contributed by atoms with Crippen LogP contribution in [0, 0.1) is 17.7 Å². The molecule has 1 amide bonds. The second-order valence-corrected chi connectivity index (χ2v) is 5.97. The summed E-state index contributed by atoms with van der Waals surface area (Å²) in [5.74, 6) is 0.510. The van der Waals surface area contributed by atoms with Crippen molar-refractivity contribution in [2.45, 2.75) is 32.7 Å². The minimum Gasteiger partial charge on any atom is -0.349 e. The van der Waals surface area contributed by atoms with Gasteiger partial charge in [-0.25, -0.2) is 4.39 Å². The third-order valence-electron chi connectivity index (χ3n) is 3.95. The summed E-state index contributed by atoms with van der Waals surface area (Å²) < 4.78 is 13.8. The average Bonchev–Trinajstić information content (AvgIpc) is 2.64. The van der Waals surface area contributed by atoms with Gasteiger partial charge in [-0.15, -0.1) is 0 Å². The number of carbonyl (C=O) groups excluding carboxylic acids is 1. The van der Waals surface area contributed by atoms with Crippen molar-refractivity contribution < 1.29 is 9.18 Å². The van der Waals surface area contributed by atoms with Crippen LogP contribution in [0.25, 0.3) is 0 Å². The summed E-state index contributed by atoms with van der Waals surface area (Å²) in [4.78, 5) is 12.1. The summed E-state index contributed by atoms with van der Waals surface area (Å²) in [6.45, 7) is 4.36. The maximum absolute atomic E-state index is 13.2. The highest BCUT2D eigenvalue weighted by atomic mass is 79.9. The van der Waals surface area contributed by atoms with Crippen LogP contribution in [0.2, 0.25) is 0 Å². The van der Waals surface area contributed by atoms with Crippen LogP contribution in [0.4, 0.5) is 4.39 Å². The van der Waals surface area contributed by atoms with E-state index < -0.39 is 5.82 Å². The molecule has 18 heavy (non-hydrogen) atoms. The van der Waals surface area contributed by atoms with E-state index in [-0.39, 0.29) is 11.9 Å². The van der Waals surface area contributed by atoms with Gasteiger partial charge in [0.05, 0.1) is 5.56 Å². The highest BCUT2D eigenvalue weighted by Gasteiger charge is 2.31. The Morgan fingerprint density at radius 3 is 2.72 bits per heavy atom. The van der Waals surface area contributed by atoms with Gasteiger partial charge in [0.15, 0.2) is 0 Å². The van der Waals surface area contributed by atoms with Gasteiger partial charge in [0, 0.05) is 10.5 Å². The number of carbonyl (C=O) groups is 1. The molecule has 1 fully saturated rings. The lowest BCUT2D eigenvalue weighted by molar-refractivity contribution is 0.0926. The molecule has 98 valence electrons. The predicted octanol–water partition coefficient (Wildman–Crippen LogP) is 3.75. The van der Waals surface area contributed by atoms with Crippen molar-refractivity contribution in [3.63, 3.8) is 0 Å². The number of rotatable bonds is 2. The van der Waals surface area contributed by atoms with Crippen LogP contribution in [0.3, 0.4) is 0 Å². The fourth-order valence-electron chi connectivity index (χ4n) is 2.49. The molecule has 1 aliphatic rings. The summed E-state index contributed by atoms with van der Waals surface area (Å²) in [6.07, 6.45) is 2.14. The minimum absolute atomic E-state index is 0.197. The van der Waals surface area contributed by atoms with E-state index in [4.69, 9.17) is 0 Å². The monoisotopic (exact) mass is 313 g/mol. The number of hydrogen-bond acceptors (Lipinski definition) is 1. The van der Waals surface area contributed by atoms with Crippen LogP contribution in [-0.2, 0) is 0 Å². The van der Waals surface area contributed by atoms with Crippen LogP contribution in [-0.4, -0.2) is 11.9 Å². The second kappa shape index (κ2) is 5.39. The van der Waals surface area contributed by atoms with Crippen LogP contribution >= 0.6 is 15.9 Å². The van der Waals surface area contributed by atoms with Gasteiger partial charge in [0.2, 0.25) is 0 Å². The molecular formula is C14H17BrFNO. The van der Waals surface area contributed by atoms with Crippen molar-refractivity contribution in [1.82, 2.24) is 5.32 Å². The zero-order chi connectivity index (χ0) is 13.3. The molecule has 0 aromatic heterocycles. The standard InChI is InChI=1S/C14H17BrFNO/c1-8-3-6-13(9(8)2)17-14(18)11-7-10(16)4-5-12(11)15/h4-5,7-9,13H,3,6H2,1-2H3,(H,17,18). The van der Waals surface area contributed by atoms with E-state index in [1.807, 2.05) is 0 Å². The number of hydrogen-bond donors (Lipinski definition) is 1. The van der Waals surface area contributed by atoms with E-state index in [2.05, 4.69) is 35.1 Å². The van der Waals surface area contributed by atoms with E-state index in [0.29, 0.717) is 21.9 Å². The smallest absolute Gasteiger partial charge is 0.252 e. The van der Waals surface area contributed by atoms with E-state index in [9.17, 15) is 9.18 Å².